The molecule has 0 saturated carbocycles. The highest BCUT2D eigenvalue weighted by Gasteiger charge is 2.18. The molecule has 0 bridgehead atoms. The number of amides is 2. The van der Waals surface area contributed by atoms with Crippen LogP contribution in [0.5, 0.6) is 0 Å². The van der Waals surface area contributed by atoms with Crippen molar-refractivity contribution >= 4 is 44.9 Å². The zero-order chi connectivity index (χ0) is 21.1. The van der Waals surface area contributed by atoms with Crippen LogP contribution in [-0.2, 0) is 6.42 Å². The van der Waals surface area contributed by atoms with Crippen LogP contribution in [0.3, 0.4) is 0 Å². The summed E-state index contributed by atoms with van der Waals surface area (Å²) in [4.78, 5) is 16.0. The summed E-state index contributed by atoms with van der Waals surface area (Å²) in [6, 6.07) is 16.2. The maximum absolute atomic E-state index is 15.6. The van der Waals surface area contributed by atoms with E-state index < -0.39 is 0 Å². The molecule has 30 heavy (non-hydrogen) atoms. The van der Waals surface area contributed by atoms with E-state index in [4.69, 9.17) is 11.6 Å². The lowest BCUT2D eigenvalue weighted by Crippen LogP contribution is -2.28. The molecule has 1 heterocycles. The Kier molecular flexibility index (Phi) is 5.97. The van der Waals surface area contributed by atoms with Crippen molar-refractivity contribution in [2.45, 2.75) is 13.3 Å². The Morgan fingerprint density at radius 2 is 1.97 bits per heavy atom. The number of thiazole rings is 1. The van der Waals surface area contributed by atoms with Crippen molar-refractivity contribution in [3.8, 4) is 11.1 Å². The molecule has 4 aromatic rings. The fourth-order valence-corrected chi connectivity index (χ4v) is 4.27. The monoisotopic (exact) mass is 439 g/mol. The normalized spacial score (nSPS) is 10.9. The minimum absolute atomic E-state index is 0.252. The fraction of sp³-hybridized carbons (Fsp3) is 0.130. The third-order valence-corrected chi connectivity index (χ3v) is 5.71. The molecule has 4 rings (SSSR count). The number of carbonyl (C=O) groups excluding carboxylic acids is 1. The van der Waals surface area contributed by atoms with Crippen LogP contribution in [0.4, 0.5) is 14.9 Å². The number of carbonyl (C=O) groups is 1. The highest BCUT2D eigenvalue weighted by Crippen LogP contribution is 2.36. The molecular formula is C23H19ClFN3OS. The molecule has 0 aliphatic carbocycles. The molecule has 0 fully saturated rings. The minimum Gasteiger partial charge on any atom is -0.338 e. The number of halogens is 2. The van der Waals surface area contributed by atoms with Gasteiger partial charge in [0.2, 0.25) is 0 Å². The average molecular weight is 440 g/mol. The van der Waals surface area contributed by atoms with E-state index in [1.807, 2.05) is 49.4 Å². The van der Waals surface area contributed by atoms with Gasteiger partial charge in [-0.15, -0.1) is 11.3 Å². The highest BCUT2D eigenvalue weighted by molar-refractivity contribution is 7.16. The van der Waals surface area contributed by atoms with Crippen LogP contribution in [0.15, 0.2) is 60.1 Å². The van der Waals surface area contributed by atoms with Crippen molar-refractivity contribution in [2.75, 3.05) is 11.9 Å². The molecule has 152 valence electrons. The van der Waals surface area contributed by atoms with E-state index in [9.17, 15) is 4.79 Å². The van der Waals surface area contributed by atoms with Crippen LogP contribution in [0.2, 0.25) is 5.02 Å². The highest BCUT2D eigenvalue weighted by atomic mass is 35.5. The SMILES string of the molecule is CCNC(=O)Nc1ccc(Cc2cc3scnc3c(-c3cccc(Cl)c3)c2F)cc1. The lowest BCUT2D eigenvalue weighted by molar-refractivity contribution is 0.252. The van der Waals surface area contributed by atoms with Crippen molar-refractivity contribution in [3.05, 3.63) is 82.1 Å². The maximum Gasteiger partial charge on any atom is 0.319 e. The van der Waals surface area contributed by atoms with Gasteiger partial charge in [-0.3, -0.25) is 0 Å². The van der Waals surface area contributed by atoms with Gasteiger partial charge < -0.3 is 10.6 Å². The number of hydrogen-bond donors (Lipinski definition) is 2. The number of aromatic nitrogens is 1. The minimum atomic E-state index is -0.291. The first-order valence-electron chi connectivity index (χ1n) is 9.49. The second-order valence-corrected chi connectivity index (χ2v) is 8.12. The molecular weight excluding hydrogens is 421 g/mol. The van der Waals surface area contributed by atoms with E-state index in [0.717, 1.165) is 10.3 Å². The molecule has 0 aliphatic rings. The van der Waals surface area contributed by atoms with Gasteiger partial charge in [-0.05, 0) is 53.9 Å². The molecule has 0 atom stereocenters. The summed E-state index contributed by atoms with van der Waals surface area (Å²) < 4.78 is 16.5. The Hall–Kier alpha value is -2.96. The van der Waals surface area contributed by atoms with Crippen molar-refractivity contribution in [1.29, 1.82) is 0 Å². The predicted octanol–water partition coefficient (Wildman–Crippen LogP) is 6.49. The largest absolute Gasteiger partial charge is 0.338 e. The summed E-state index contributed by atoms with van der Waals surface area (Å²) in [6.45, 7) is 2.41. The Balaban J connectivity index is 1.67. The molecule has 7 heteroatoms. The maximum atomic E-state index is 15.6. The number of urea groups is 1. The quantitative estimate of drug-likeness (QED) is 0.373. The molecule has 2 N–H and O–H groups in total. The van der Waals surface area contributed by atoms with E-state index in [1.54, 1.807) is 17.6 Å². The molecule has 0 unspecified atom stereocenters. The molecule has 1 aromatic heterocycles. The van der Waals surface area contributed by atoms with Crippen LogP contribution in [0.25, 0.3) is 21.3 Å². The molecule has 3 aromatic carbocycles. The Bertz CT molecular complexity index is 1210. The first kappa shape index (κ1) is 20.3. The van der Waals surface area contributed by atoms with Crippen LogP contribution >= 0.6 is 22.9 Å². The summed E-state index contributed by atoms with van der Waals surface area (Å²) in [5.41, 5.74) is 5.76. The van der Waals surface area contributed by atoms with Gasteiger partial charge >= 0.3 is 6.03 Å². The van der Waals surface area contributed by atoms with Gasteiger partial charge in [-0.25, -0.2) is 14.2 Å². The van der Waals surface area contributed by atoms with Gasteiger partial charge in [0.1, 0.15) is 5.82 Å². The zero-order valence-corrected chi connectivity index (χ0v) is 17.8. The molecule has 0 spiro atoms. The zero-order valence-electron chi connectivity index (χ0n) is 16.2. The number of anilines is 1. The van der Waals surface area contributed by atoms with Crippen molar-refractivity contribution < 1.29 is 9.18 Å². The lowest BCUT2D eigenvalue weighted by atomic mass is 9.97. The molecule has 4 nitrogen and oxygen atoms in total. The smallest absolute Gasteiger partial charge is 0.319 e. The van der Waals surface area contributed by atoms with Gasteiger partial charge in [0.05, 0.1) is 15.7 Å². The number of hydrogen-bond acceptors (Lipinski definition) is 3. The first-order chi connectivity index (χ1) is 14.5. The molecule has 2 amide bonds. The van der Waals surface area contributed by atoms with Gasteiger partial charge in [-0.2, -0.15) is 0 Å². The van der Waals surface area contributed by atoms with Crippen LogP contribution in [0, 0.1) is 5.82 Å². The van der Waals surface area contributed by atoms with Gasteiger partial charge in [0, 0.05) is 29.2 Å². The third kappa shape index (κ3) is 4.30. The summed E-state index contributed by atoms with van der Waals surface area (Å²) in [5.74, 6) is -0.291. The van der Waals surface area contributed by atoms with E-state index in [-0.39, 0.29) is 11.8 Å². The number of rotatable bonds is 5. The second-order valence-electron chi connectivity index (χ2n) is 6.79. The van der Waals surface area contributed by atoms with Crippen LogP contribution in [-0.4, -0.2) is 17.6 Å². The van der Waals surface area contributed by atoms with Gasteiger partial charge in [0.15, 0.2) is 0 Å². The number of fused-ring (bicyclic) bond motifs is 1. The third-order valence-electron chi connectivity index (χ3n) is 4.70. The topological polar surface area (TPSA) is 54.0 Å². The summed E-state index contributed by atoms with van der Waals surface area (Å²) >= 11 is 7.62. The number of nitrogens with one attached hydrogen (secondary N) is 2. The van der Waals surface area contributed by atoms with Gasteiger partial charge in [-0.1, -0.05) is 35.9 Å². The van der Waals surface area contributed by atoms with Gasteiger partial charge in [0.25, 0.3) is 0 Å². The standard InChI is InChI=1S/C23H19ClFN3OS/c1-2-26-23(29)28-18-8-6-14(7-9-18)10-16-12-19-22(27-13-30-19)20(21(16)25)15-4-3-5-17(24)11-15/h3-9,11-13H,2,10H2,1H3,(H2,26,28,29). The van der Waals surface area contributed by atoms with E-state index in [2.05, 4.69) is 15.6 Å². The number of nitrogens with zero attached hydrogens (tertiary/aromatic N) is 1. The first-order valence-corrected chi connectivity index (χ1v) is 10.7. The van der Waals surface area contributed by atoms with Crippen molar-refractivity contribution in [1.82, 2.24) is 10.3 Å². The second kappa shape index (κ2) is 8.81. The summed E-state index contributed by atoms with van der Waals surface area (Å²) in [5, 5.41) is 5.99. The summed E-state index contributed by atoms with van der Waals surface area (Å²) in [6.07, 6.45) is 0.425. The lowest BCUT2D eigenvalue weighted by Gasteiger charge is -2.11. The van der Waals surface area contributed by atoms with E-state index in [0.29, 0.717) is 45.9 Å². The number of benzene rings is 3. The van der Waals surface area contributed by atoms with Crippen LogP contribution in [0.1, 0.15) is 18.1 Å². The Morgan fingerprint density at radius 3 is 2.70 bits per heavy atom. The van der Waals surface area contributed by atoms with E-state index >= 15 is 4.39 Å². The van der Waals surface area contributed by atoms with Crippen molar-refractivity contribution in [2.24, 2.45) is 0 Å². The fourth-order valence-electron chi connectivity index (χ4n) is 3.33. The molecule has 0 radical (unpaired) electrons. The predicted molar refractivity (Wildman–Crippen MR) is 122 cm³/mol. The average Bonchev–Trinajstić information content (AvgIpc) is 3.18. The van der Waals surface area contributed by atoms with Crippen molar-refractivity contribution in [3.63, 3.8) is 0 Å². The Labute approximate surface area is 182 Å². The van der Waals surface area contributed by atoms with E-state index in [1.165, 1.54) is 11.3 Å². The summed E-state index contributed by atoms with van der Waals surface area (Å²) in [7, 11) is 0. The van der Waals surface area contributed by atoms with Crippen LogP contribution < -0.4 is 10.6 Å². The molecule has 0 saturated heterocycles. The molecule has 0 aliphatic heterocycles. The Morgan fingerprint density at radius 1 is 1.17 bits per heavy atom.